The van der Waals surface area contributed by atoms with E-state index in [1.807, 2.05) is 0 Å². The van der Waals surface area contributed by atoms with Crippen LogP contribution in [0.15, 0.2) is 243 Å². The zero-order valence-corrected chi connectivity index (χ0v) is 33.0. The molecule has 0 amide bonds. The molecule has 282 valence electrons. The van der Waals surface area contributed by atoms with Gasteiger partial charge in [-0.1, -0.05) is 188 Å². The maximum Gasteiger partial charge on any atom is 0.0547 e. The van der Waals surface area contributed by atoms with Crippen LogP contribution >= 0.6 is 0 Å². The Hall–Kier alpha value is -7.94. The third kappa shape index (κ3) is 6.23. The molecule has 1 heterocycles. The van der Waals surface area contributed by atoms with E-state index in [-0.39, 0.29) is 0 Å². The molecule has 11 rings (SSSR count). The molecule has 0 aliphatic heterocycles. The molecule has 11 aromatic rings. The van der Waals surface area contributed by atoms with Gasteiger partial charge in [0, 0.05) is 33.3 Å². The topological polar surface area (TPSA) is 8.17 Å². The minimum Gasteiger partial charge on any atom is -0.309 e. The zero-order chi connectivity index (χ0) is 39.8. The number of fused-ring (bicyclic) bond motifs is 4. The summed E-state index contributed by atoms with van der Waals surface area (Å²) in [5, 5.41) is 5.02. The summed E-state index contributed by atoms with van der Waals surface area (Å²) in [4.78, 5) is 2.43. The summed E-state index contributed by atoms with van der Waals surface area (Å²) in [6.45, 7) is 0. The maximum absolute atomic E-state index is 2.43. The van der Waals surface area contributed by atoms with Crippen LogP contribution in [0.5, 0.6) is 0 Å². The quantitative estimate of drug-likeness (QED) is 0.150. The number of anilines is 3. The van der Waals surface area contributed by atoms with Crippen LogP contribution in [0.2, 0.25) is 0 Å². The highest BCUT2D eigenvalue weighted by molar-refractivity contribution is 6.13. The lowest BCUT2D eigenvalue weighted by Gasteiger charge is -2.30. The van der Waals surface area contributed by atoms with Crippen LogP contribution in [0, 0.1) is 0 Å². The highest BCUT2D eigenvalue weighted by atomic mass is 15.1. The van der Waals surface area contributed by atoms with Crippen molar-refractivity contribution in [2.24, 2.45) is 0 Å². The molecule has 60 heavy (non-hydrogen) atoms. The van der Waals surface area contributed by atoms with Gasteiger partial charge in [-0.2, -0.15) is 0 Å². The Balaban J connectivity index is 1.05. The third-order valence-corrected chi connectivity index (χ3v) is 11.8. The van der Waals surface area contributed by atoms with Crippen LogP contribution < -0.4 is 4.90 Å². The van der Waals surface area contributed by atoms with E-state index >= 15 is 0 Å². The largest absolute Gasteiger partial charge is 0.309 e. The maximum atomic E-state index is 2.43. The molecule has 2 heteroatoms. The van der Waals surface area contributed by atoms with Crippen molar-refractivity contribution in [2.75, 3.05) is 4.90 Å². The Morgan fingerprint density at radius 2 is 0.717 bits per heavy atom. The van der Waals surface area contributed by atoms with Crippen LogP contribution in [0.4, 0.5) is 17.1 Å². The number of rotatable bonds is 8. The average molecular weight is 765 g/mol. The lowest BCUT2D eigenvalue weighted by atomic mass is 9.94. The summed E-state index contributed by atoms with van der Waals surface area (Å²) in [7, 11) is 0. The molecule has 0 bridgehead atoms. The van der Waals surface area contributed by atoms with Gasteiger partial charge in [-0.05, 0) is 98.8 Å². The fraction of sp³-hybridized carbons (Fsp3) is 0. The first-order valence-electron chi connectivity index (χ1n) is 20.6. The van der Waals surface area contributed by atoms with Crippen molar-refractivity contribution in [3.63, 3.8) is 0 Å². The summed E-state index contributed by atoms with van der Waals surface area (Å²) in [6.07, 6.45) is 0. The highest BCUT2D eigenvalue weighted by Crippen LogP contribution is 2.46. The second kappa shape index (κ2) is 15.1. The number of hydrogen-bond donors (Lipinski definition) is 0. The van der Waals surface area contributed by atoms with E-state index in [0.717, 1.165) is 33.9 Å². The van der Waals surface area contributed by atoms with Gasteiger partial charge in [0.2, 0.25) is 0 Å². The molecule has 0 spiro atoms. The molecule has 10 aromatic carbocycles. The van der Waals surface area contributed by atoms with Crippen molar-refractivity contribution in [3.8, 4) is 50.2 Å². The Morgan fingerprint density at radius 1 is 0.283 bits per heavy atom. The van der Waals surface area contributed by atoms with Gasteiger partial charge in [-0.3, -0.25) is 0 Å². The molecule has 0 saturated heterocycles. The number of hydrogen-bond acceptors (Lipinski definition) is 1. The molecule has 1 aromatic heterocycles. The van der Waals surface area contributed by atoms with Crippen LogP contribution in [0.3, 0.4) is 0 Å². The summed E-state index contributed by atoms with van der Waals surface area (Å²) in [5.41, 5.74) is 16.3. The number of nitrogens with zero attached hydrogens (tertiary/aromatic N) is 2. The van der Waals surface area contributed by atoms with Gasteiger partial charge in [-0.25, -0.2) is 0 Å². The molecular formula is C58H40N2. The fourth-order valence-corrected chi connectivity index (χ4v) is 8.97. The van der Waals surface area contributed by atoms with Crippen molar-refractivity contribution < 1.29 is 0 Å². The van der Waals surface area contributed by atoms with E-state index in [1.54, 1.807) is 0 Å². The molecule has 0 fully saturated rings. The standard InChI is InChI=1S/C58H40N2/c1-3-17-41(18-4-1)49-23-9-10-24-50(49)43-31-35-47(36-32-43)59(55-28-14-11-25-51(55)42-19-5-2-6-20-42)56-29-15-12-26-52(56)44-33-37-48(38-34-44)60-57-30-16-13-27-53(57)54-39-45-21-7-8-22-46(45)40-58(54)60/h1-40H. The van der Waals surface area contributed by atoms with Crippen LogP contribution in [0.25, 0.3) is 82.8 Å². The summed E-state index contributed by atoms with van der Waals surface area (Å²) in [6, 6.07) is 87.8. The Labute approximate surface area is 350 Å². The average Bonchev–Trinajstić information content (AvgIpc) is 3.65. The second-order valence-corrected chi connectivity index (χ2v) is 15.3. The van der Waals surface area contributed by atoms with Crippen molar-refractivity contribution in [2.45, 2.75) is 0 Å². The van der Waals surface area contributed by atoms with Gasteiger partial charge in [0.25, 0.3) is 0 Å². The minimum absolute atomic E-state index is 1.08. The molecule has 0 saturated carbocycles. The molecule has 0 atom stereocenters. The van der Waals surface area contributed by atoms with Crippen molar-refractivity contribution >= 4 is 49.6 Å². The first-order valence-corrected chi connectivity index (χ1v) is 20.6. The summed E-state index contributed by atoms with van der Waals surface area (Å²) < 4.78 is 2.41. The van der Waals surface area contributed by atoms with Crippen LogP contribution in [-0.2, 0) is 0 Å². The number of para-hydroxylation sites is 3. The Bertz CT molecular complexity index is 3290. The van der Waals surface area contributed by atoms with E-state index < -0.39 is 0 Å². The van der Waals surface area contributed by atoms with Gasteiger partial charge < -0.3 is 9.47 Å². The van der Waals surface area contributed by atoms with Gasteiger partial charge >= 0.3 is 0 Å². The lowest BCUT2D eigenvalue weighted by molar-refractivity contribution is 1.18. The van der Waals surface area contributed by atoms with E-state index in [0.29, 0.717) is 0 Å². The third-order valence-electron chi connectivity index (χ3n) is 11.8. The minimum atomic E-state index is 1.08. The molecular weight excluding hydrogens is 725 g/mol. The molecule has 2 nitrogen and oxygen atoms in total. The number of benzene rings is 10. The normalized spacial score (nSPS) is 11.3. The first kappa shape index (κ1) is 35.2. The molecule has 0 N–H and O–H groups in total. The van der Waals surface area contributed by atoms with Crippen LogP contribution in [0.1, 0.15) is 0 Å². The van der Waals surface area contributed by atoms with Crippen LogP contribution in [-0.4, -0.2) is 4.57 Å². The fourth-order valence-electron chi connectivity index (χ4n) is 8.97. The first-order chi connectivity index (χ1) is 29.8. The molecule has 0 aliphatic rings. The monoisotopic (exact) mass is 764 g/mol. The number of aromatic nitrogens is 1. The lowest BCUT2D eigenvalue weighted by Crippen LogP contribution is -2.12. The van der Waals surface area contributed by atoms with Crippen molar-refractivity contribution in [1.29, 1.82) is 0 Å². The molecule has 0 radical (unpaired) electrons. The Kier molecular flexibility index (Phi) is 8.87. The van der Waals surface area contributed by atoms with Gasteiger partial charge in [0.1, 0.15) is 0 Å². The molecule has 0 aliphatic carbocycles. The van der Waals surface area contributed by atoms with E-state index in [1.165, 1.54) is 66.0 Å². The van der Waals surface area contributed by atoms with Crippen molar-refractivity contribution in [1.82, 2.24) is 4.57 Å². The van der Waals surface area contributed by atoms with Crippen molar-refractivity contribution in [3.05, 3.63) is 243 Å². The summed E-state index contributed by atoms with van der Waals surface area (Å²) >= 11 is 0. The zero-order valence-electron chi connectivity index (χ0n) is 33.0. The van der Waals surface area contributed by atoms with E-state index in [4.69, 9.17) is 0 Å². The summed E-state index contributed by atoms with van der Waals surface area (Å²) in [5.74, 6) is 0. The van der Waals surface area contributed by atoms with Gasteiger partial charge in [0.05, 0.1) is 22.4 Å². The Morgan fingerprint density at radius 3 is 1.33 bits per heavy atom. The molecule has 0 unspecified atom stereocenters. The van der Waals surface area contributed by atoms with E-state index in [9.17, 15) is 0 Å². The predicted octanol–water partition coefficient (Wildman–Crippen LogP) is 16.1. The second-order valence-electron chi connectivity index (χ2n) is 15.3. The SMILES string of the molecule is c1ccc(-c2ccccc2-c2ccc(N(c3ccccc3-c3ccccc3)c3ccccc3-c3ccc(-n4c5ccccc5c5cc6ccccc6cc54)cc3)cc2)cc1. The highest BCUT2D eigenvalue weighted by Gasteiger charge is 2.21. The van der Waals surface area contributed by atoms with Gasteiger partial charge in [-0.15, -0.1) is 0 Å². The van der Waals surface area contributed by atoms with E-state index in [2.05, 4.69) is 252 Å². The predicted molar refractivity (Wildman–Crippen MR) is 255 cm³/mol. The smallest absolute Gasteiger partial charge is 0.0547 e. The van der Waals surface area contributed by atoms with Gasteiger partial charge in [0.15, 0.2) is 0 Å².